The van der Waals surface area contributed by atoms with Crippen LogP contribution in [0.15, 0.2) is 48.7 Å². The number of fused-ring (bicyclic) bond motifs is 1. The molecule has 0 aliphatic carbocycles. The molecule has 0 spiro atoms. The van der Waals surface area contributed by atoms with Crippen LogP contribution in [0.2, 0.25) is 0 Å². The summed E-state index contributed by atoms with van der Waals surface area (Å²) in [6, 6.07) is 12.3. The van der Waals surface area contributed by atoms with E-state index in [9.17, 15) is 9.18 Å². The maximum absolute atomic E-state index is 13.2. The van der Waals surface area contributed by atoms with Crippen LogP contribution in [0.1, 0.15) is 21.5 Å². The van der Waals surface area contributed by atoms with Crippen LogP contribution in [0, 0.1) is 12.7 Å². The molecule has 1 amide bonds. The number of H-pyrrole nitrogens is 1. The molecule has 3 rings (SSSR count). The zero-order chi connectivity index (χ0) is 14.8. The van der Waals surface area contributed by atoms with Crippen molar-refractivity contribution in [3.8, 4) is 0 Å². The predicted molar refractivity (Wildman–Crippen MR) is 80.6 cm³/mol. The van der Waals surface area contributed by atoms with Gasteiger partial charge in [0, 0.05) is 23.8 Å². The first-order valence-electron chi connectivity index (χ1n) is 6.74. The van der Waals surface area contributed by atoms with Gasteiger partial charge in [0.1, 0.15) is 5.82 Å². The largest absolute Gasteiger partial charge is 0.361 e. The van der Waals surface area contributed by atoms with Crippen molar-refractivity contribution in [3.05, 3.63) is 71.2 Å². The average molecular weight is 282 g/mol. The first-order valence-corrected chi connectivity index (χ1v) is 6.74. The van der Waals surface area contributed by atoms with Gasteiger partial charge >= 0.3 is 0 Å². The van der Waals surface area contributed by atoms with Gasteiger partial charge in [-0.05, 0) is 47.7 Å². The highest BCUT2D eigenvalue weighted by Gasteiger charge is 2.07. The van der Waals surface area contributed by atoms with E-state index in [1.807, 2.05) is 24.4 Å². The highest BCUT2D eigenvalue weighted by molar-refractivity contribution is 5.97. The molecule has 4 heteroatoms. The van der Waals surface area contributed by atoms with Gasteiger partial charge in [-0.1, -0.05) is 18.2 Å². The molecular weight excluding hydrogens is 267 g/mol. The van der Waals surface area contributed by atoms with Crippen molar-refractivity contribution in [2.24, 2.45) is 0 Å². The van der Waals surface area contributed by atoms with Gasteiger partial charge in [0.2, 0.25) is 0 Å². The van der Waals surface area contributed by atoms with Gasteiger partial charge in [-0.25, -0.2) is 4.39 Å². The van der Waals surface area contributed by atoms with Gasteiger partial charge < -0.3 is 10.3 Å². The topological polar surface area (TPSA) is 44.9 Å². The van der Waals surface area contributed by atoms with Crippen molar-refractivity contribution in [2.45, 2.75) is 13.5 Å². The third-order valence-electron chi connectivity index (χ3n) is 3.49. The molecule has 0 fully saturated rings. The number of aryl methyl sites for hydroxylation is 1. The molecular formula is C17H15FN2O. The number of aromatic amines is 1. The Bertz CT molecular complexity index is 807. The predicted octanol–water partition coefficient (Wildman–Crippen LogP) is 3.55. The number of nitrogens with one attached hydrogen (secondary N) is 2. The van der Waals surface area contributed by atoms with E-state index in [0.717, 1.165) is 16.5 Å². The van der Waals surface area contributed by atoms with Crippen LogP contribution >= 0.6 is 0 Å². The number of aromatic nitrogens is 1. The maximum Gasteiger partial charge on any atom is 0.251 e. The number of hydrogen-bond donors (Lipinski definition) is 2. The number of carbonyl (C=O) groups is 1. The van der Waals surface area contributed by atoms with E-state index in [0.29, 0.717) is 17.7 Å². The van der Waals surface area contributed by atoms with Crippen molar-refractivity contribution < 1.29 is 9.18 Å². The molecule has 2 aromatic carbocycles. The van der Waals surface area contributed by atoms with E-state index in [2.05, 4.69) is 10.3 Å². The van der Waals surface area contributed by atoms with Gasteiger partial charge in [-0.2, -0.15) is 0 Å². The van der Waals surface area contributed by atoms with E-state index >= 15 is 0 Å². The molecule has 3 aromatic rings. The second-order valence-corrected chi connectivity index (χ2v) is 5.05. The summed E-state index contributed by atoms with van der Waals surface area (Å²) in [5.41, 5.74) is 2.99. The molecule has 0 aliphatic rings. The Hall–Kier alpha value is -2.62. The smallest absolute Gasteiger partial charge is 0.251 e. The molecule has 0 aliphatic heterocycles. The fraction of sp³-hybridized carbons (Fsp3) is 0.118. The Morgan fingerprint density at radius 1 is 1.19 bits per heavy atom. The molecule has 0 saturated heterocycles. The summed E-state index contributed by atoms with van der Waals surface area (Å²) >= 11 is 0. The minimum atomic E-state index is -0.234. The standard InChI is InChI=1S/C17H15FN2O/c1-11-8-12(2-5-15(11)18)10-20-17(21)14-4-3-13-6-7-19-16(13)9-14/h2-9,19H,10H2,1H3,(H,20,21). The molecule has 0 radical (unpaired) electrons. The number of halogens is 1. The van der Waals surface area contributed by atoms with E-state index < -0.39 is 0 Å². The Morgan fingerprint density at radius 2 is 2.05 bits per heavy atom. The monoisotopic (exact) mass is 282 g/mol. The summed E-state index contributed by atoms with van der Waals surface area (Å²) in [6.07, 6.45) is 1.84. The lowest BCUT2D eigenvalue weighted by Gasteiger charge is -2.07. The summed E-state index contributed by atoms with van der Waals surface area (Å²) in [5, 5.41) is 3.91. The molecule has 2 N–H and O–H groups in total. The van der Waals surface area contributed by atoms with E-state index in [1.165, 1.54) is 6.07 Å². The Morgan fingerprint density at radius 3 is 2.86 bits per heavy atom. The quantitative estimate of drug-likeness (QED) is 0.758. The molecule has 106 valence electrons. The van der Waals surface area contributed by atoms with Crippen LogP contribution in [0.4, 0.5) is 4.39 Å². The molecule has 0 saturated carbocycles. The molecule has 0 unspecified atom stereocenters. The molecule has 1 aromatic heterocycles. The van der Waals surface area contributed by atoms with Gasteiger partial charge in [-0.15, -0.1) is 0 Å². The minimum Gasteiger partial charge on any atom is -0.361 e. The van der Waals surface area contributed by atoms with Crippen LogP contribution in [-0.4, -0.2) is 10.9 Å². The fourth-order valence-electron chi connectivity index (χ4n) is 2.29. The summed E-state index contributed by atoms with van der Waals surface area (Å²) in [6.45, 7) is 2.09. The minimum absolute atomic E-state index is 0.145. The van der Waals surface area contributed by atoms with Gasteiger partial charge in [-0.3, -0.25) is 4.79 Å². The number of rotatable bonds is 3. The zero-order valence-corrected chi connectivity index (χ0v) is 11.6. The third kappa shape index (κ3) is 2.79. The normalized spacial score (nSPS) is 10.8. The lowest BCUT2D eigenvalue weighted by Crippen LogP contribution is -2.22. The van der Waals surface area contributed by atoms with Gasteiger partial charge in [0.25, 0.3) is 5.91 Å². The molecule has 0 atom stereocenters. The van der Waals surface area contributed by atoms with Crippen molar-refractivity contribution >= 4 is 16.8 Å². The van der Waals surface area contributed by atoms with Crippen LogP contribution in [0.5, 0.6) is 0 Å². The number of hydrogen-bond acceptors (Lipinski definition) is 1. The van der Waals surface area contributed by atoms with Crippen LogP contribution in [-0.2, 0) is 6.54 Å². The lowest BCUT2D eigenvalue weighted by molar-refractivity contribution is 0.0951. The third-order valence-corrected chi connectivity index (χ3v) is 3.49. The Kier molecular flexibility index (Phi) is 3.44. The number of carbonyl (C=O) groups excluding carboxylic acids is 1. The van der Waals surface area contributed by atoms with Gasteiger partial charge in [0.15, 0.2) is 0 Å². The van der Waals surface area contributed by atoms with Crippen molar-refractivity contribution in [1.29, 1.82) is 0 Å². The molecule has 1 heterocycles. The van der Waals surface area contributed by atoms with E-state index in [4.69, 9.17) is 0 Å². The Balaban J connectivity index is 1.72. The zero-order valence-electron chi connectivity index (χ0n) is 11.6. The van der Waals surface area contributed by atoms with Crippen LogP contribution in [0.3, 0.4) is 0 Å². The van der Waals surface area contributed by atoms with Crippen molar-refractivity contribution in [1.82, 2.24) is 10.3 Å². The summed E-state index contributed by atoms with van der Waals surface area (Å²) in [5.74, 6) is -0.379. The Labute approximate surface area is 121 Å². The molecule has 21 heavy (non-hydrogen) atoms. The second kappa shape index (κ2) is 5.40. The van der Waals surface area contributed by atoms with Crippen LogP contribution < -0.4 is 5.32 Å². The van der Waals surface area contributed by atoms with Gasteiger partial charge in [0.05, 0.1) is 0 Å². The summed E-state index contributed by atoms with van der Waals surface area (Å²) in [7, 11) is 0. The highest BCUT2D eigenvalue weighted by Crippen LogP contribution is 2.14. The van der Waals surface area contributed by atoms with E-state index in [1.54, 1.807) is 25.1 Å². The first-order chi connectivity index (χ1) is 10.1. The van der Waals surface area contributed by atoms with Crippen molar-refractivity contribution in [3.63, 3.8) is 0 Å². The van der Waals surface area contributed by atoms with Crippen LogP contribution in [0.25, 0.3) is 10.9 Å². The van der Waals surface area contributed by atoms with Crippen molar-refractivity contribution in [2.75, 3.05) is 0 Å². The average Bonchev–Trinajstić information content (AvgIpc) is 2.95. The highest BCUT2D eigenvalue weighted by atomic mass is 19.1. The maximum atomic E-state index is 13.2. The number of amides is 1. The molecule has 3 nitrogen and oxygen atoms in total. The first kappa shape index (κ1) is 13.4. The summed E-state index contributed by atoms with van der Waals surface area (Å²) < 4.78 is 13.2. The fourth-order valence-corrected chi connectivity index (χ4v) is 2.29. The summed E-state index contributed by atoms with van der Waals surface area (Å²) in [4.78, 5) is 15.2. The van der Waals surface area contributed by atoms with E-state index in [-0.39, 0.29) is 11.7 Å². The lowest BCUT2D eigenvalue weighted by atomic mass is 10.1. The SMILES string of the molecule is Cc1cc(CNC(=O)c2ccc3cc[nH]c3c2)ccc1F. The molecule has 0 bridgehead atoms. The number of benzene rings is 2. The second-order valence-electron chi connectivity index (χ2n) is 5.05.